The average Bonchev–Trinajstić information content (AvgIpc) is 2.16. The minimum Gasteiger partial charge on any atom is -0.465 e. The Hall–Kier alpha value is -1.16. The zero-order valence-electron chi connectivity index (χ0n) is 8.48. The predicted molar refractivity (Wildman–Crippen MR) is 59.1 cm³/mol. The highest BCUT2D eigenvalue weighted by Gasteiger charge is 2.09. The zero-order chi connectivity index (χ0) is 10.6. The molecule has 0 spiro atoms. The fourth-order valence-electron chi connectivity index (χ4n) is 1.03. The lowest BCUT2D eigenvalue weighted by atomic mass is 10.2. The highest BCUT2D eigenvalue weighted by molar-refractivity contribution is 7.85. The first kappa shape index (κ1) is 10.9. The van der Waals surface area contributed by atoms with E-state index >= 15 is 0 Å². The molecule has 0 saturated carbocycles. The first-order valence-electron chi connectivity index (χ1n) is 4.12. The van der Waals surface area contributed by atoms with Gasteiger partial charge in [-0.3, -0.25) is 0 Å². The standard InChI is InChI=1S/C10H13NO2S/c1-13-10(12)8-6-4-5-7-9(8)11-14(2)3/h4-7H,1-3H3. The Kier molecular flexibility index (Phi) is 3.83. The van der Waals surface area contributed by atoms with Crippen molar-refractivity contribution in [2.24, 2.45) is 4.36 Å². The average molecular weight is 211 g/mol. The smallest absolute Gasteiger partial charge is 0.340 e. The van der Waals surface area contributed by atoms with Crippen LogP contribution in [0.2, 0.25) is 0 Å². The lowest BCUT2D eigenvalue weighted by Gasteiger charge is -2.03. The third-order valence-corrected chi connectivity index (χ3v) is 2.15. The Labute approximate surface area is 86.2 Å². The van der Waals surface area contributed by atoms with E-state index in [9.17, 15) is 4.79 Å². The number of carbonyl (C=O) groups is 1. The number of hydrogen-bond acceptors (Lipinski definition) is 3. The van der Waals surface area contributed by atoms with E-state index in [4.69, 9.17) is 0 Å². The maximum Gasteiger partial charge on any atom is 0.340 e. The van der Waals surface area contributed by atoms with Crippen LogP contribution in [0.1, 0.15) is 10.4 Å². The van der Waals surface area contributed by atoms with Gasteiger partial charge in [-0.25, -0.2) is 9.16 Å². The van der Waals surface area contributed by atoms with Crippen LogP contribution in [0.5, 0.6) is 0 Å². The number of nitrogens with zero attached hydrogens (tertiary/aromatic N) is 1. The summed E-state index contributed by atoms with van der Waals surface area (Å²) in [5.74, 6) is -0.338. The third kappa shape index (κ3) is 2.67. The van der Waals surface area contributed by atoms with E-state index in [0.29, 0.717) is 11.3 Å². The normalized spacial score (nSPS) is 10.0. The second kappa shape index (κ2) is 4.91. The lowest BCUT2D eigenvalue weighted by Crippen LogP contribution is -2.01. The van der Waals surface area contributed by atoms with Gasteiger partial charge in [0.25, 0.3) is 0 Å². The van der Waals surface area contributed by atoms with Crippen molar-refractivity contribution in [3.63, 3.8) is 0 Å². The molecule has 0 fully saturated rings. The molecule has 0 atom stereocenters. The van der Waals surface area contributed by atoms with Crippen LogP contribution in [0.3, 0.4) is 0 Å². The minimum absolute atomic E-state index is 0.0781. The van der Waals surface area contributed by atoms with Gasteiger partial charge in [-0.2, -0.15) is 0 Å². The van der Waals surface area contributed by atoms with Gasteiger partial charge in [0, 0.05) is 0 Å². The second-order valence-corrected chi connectivity index (χ2v) is 4.60. The summed E-state index contributed by atoms with van der Waals surface area (Å²) in [6, 6.07) is 7.20. The molecule has 3 nitrogen and oxygen atoms in total. The Morgan fingerprint density at radius 3 is 2.57 bits per heavy atom. The summed E-state index contributed by atoms with van der Waals surface area (Å²) < 4.78 is 9.02. The molecule has 0 heterocycles. The lowest BCUT2D eigenvalue weighted by molar-refractivity contribution is 0.0602. The van der Waals surface area contributed by atoms with Crippen molar-refractivity contribution < 1.29 is 9.53 Å². The Balaban J connectivity index is 3.16. The molecule has 14 heavy (non-hydrogen) atoms. The van der Waals surface area contributed by atoms with Gasteiger partial charge < -0.3 is 4.74 Å². The number of carbonyl (C=O) groups excluding carboxylic acids is 1. The molecular formula is C10H13NO2S. The summed E-state index contributed by atoms with van der Waals surface area (Å²) >= 11 is 0. The van der Waals surface area contributed by atoms with Crippen molar-refractivity contribution >= 4 is 22.3 Å². The molecule has 1 aromatic rings. The molecule has 76 valence electrons. The van der Waals surface area contributed by atoms with Gasteiger partial charge in [0.1, 0.15) is 0 Å². The van der Waals surface area contributed by atoms with E-state index in [1.807, 2.05) is 24.6 Å². The summed E-state index contributed by atoms with van der Waals surface area (Å²) in [6.07, 6.45) is 3.99. The van der Waals surface area contributed by atoms with E-state index in [-0.39, 0.29) is 16.7 Å². The van der Waals surface area contributed by atoms with Crippen LogP contribution in [0, 0.1) is 0 Å². The van der Waals surface area contributed by atoms with Crippen molar-refractivity contribution in [2.75, 3.05) is 19.6 Å². The maximum atomic E-state index is 11.3. The van der Waals surface area contributed by atoms with Crippen molar-refractivity contribution in [2.45, 2.75) is 0 Å². The van der Waals surface area contributed by atoms with E-state index in [0.717, 1.165) is 0 Å². The SMILES string of the molecule is COC(=O)c1ccccc1N=S(C)C. The second-order valence-electron chi connectivity index (χ2n) is 2.87. The topological polar surface area (TPSA) is 38.7 Å². The Morgan fingerprint density at radius 1 is 1.36 bits per heavy atom. The maximum absolute atomic E-state index is 11.3. The van der Waals surface area contributed by atoms with Gasteiger partial charge in [-0.15, -0.1) is 10.7 Å². The first-order valence-corrected chi connectivity index (χ1v) is 6.11. The van der Waals surface area contributed by atoms with Crippen molar-refractivity contribution in [3.8, 4) is 0 Å². The number of ether oxygens (including phenoxy) is 1. The molecule has 0 bridgehead atoms. The van der Waals surface area contributed by atoms with E-state index in [1.54, 1.807) is 12.1 Å². The van der Waals surface area contributed by atoms with E-state index in [1.165, 1.54) is 7.11 Å². The molecule has 1 aromatic carbocycles. The van der Waals surface area contributed by atoms with Crippen LogP contribution in [0.25, 0.3) is 0 Å². The molecule has 4 heteroatoms. The number of rotatable bonds is 2. The Bertz CT molecular complexity index is 370. The van der Waals surface area contributed by atoms with Crippen LogP contribution in [0.15, 0.2) is 28.6 Å². The number of methoxy groups -OCH3 is 1. The largest absolute Gasteiger partial charge is 0.465 e. The molecule has 1 rings (SSSR count). The van der Waals surface area contributed by atoms with Crippen molar-refractivity contribution in [3.05, 3.63) is 29.8 Å². The summed E-state index contributed by atoms with van der Waals surface area (Å²) in [4.78, 5) is 11.3. The summed E-state index contributed by atoms with van der Waals surface area (Å²) in [5, 5.41) is 0. The fourth-order valence-corrected chi connectivity index (χ4v) is 1.59. The van der Waals surface area contributed by atoms with Crippen LogP contribution >= 0.6 is 0 Å². The van der Waals surface area contributed by atoms with Crippen LogP contribution < -0.4 is 0 Å². The van der Waals surface area contributed by atoms with Crippen LogP contribution in [-0.4, -0.2) is 25.6 Å². The molecule has 0 N–H and O–H groups in total. The van der Waals surface area contributed by atoms with Crippen LogP contribution in [0.4, 0.5) is 5.69 Å². The summed E-state index contributed by atoms with van der Waals surface area (Å²) in [7, 11) is 1.29. The minimum atomic E-state index is -0.338. The molecular weight excluding hydrogens is 198 g/mol. The molecule has 0 aliphatic rings. The van der Waals surface area contributed by atoms with Gasteiger partial charge >= 0.3 is 5.97 Å². The highest BCUT2D eigenvalue weighted by Crippen LogP contribution is 2.19. The van der Waals surface area contributed by atoms with Crippen LogP contribution in [-0.2, 0) is 15.4 Å². The number of benzene rings is 1. The molecule has 0 aliphatic carbocycles. The molecule has 0 aliphatic heterocycles. The number of esters is 1. The number of hydrogen-bond donors (Lipinski definition) is 0. The van der Waals surface area contributed by atoms with Gasteiger partial charge in [0.15, 0.2) is 0 Å². The molecule has 0 aromatic heterocycles. The van der Waals surface area contributed by atoms with Gasteiger partial charge in [0.05, 0.1) is 18.4 Å². The quantitative estimate of drug-likeness (QED) is 0.703. The van der Waals surface area contributed by atoms with Crippen molar-refractivity contribution in [1.82, 2.24) is 0 Å². The molecule has 0 unspecified atom stereocenters. The van der Waals surface area contributed by atoms with Crippen molar-refractivity contribution in [1.29, 1.82) is 0 Å². The molecule has 0 saturated heterocycles. The van der Waals surface area contributed by atoms with Gasteiger partial charge in [-0.1, -0.05) is 12.1 Å². The third-order valence-electron chi connectivity index (χ3n) is 1.59. The molecule has 0 amide bonds. The summed E-state index contributed by atoms with van der Waals surface area (Å²) in [5.41, 5.74) is 1.23. The Morgan fingerprint density at radius 2 is 2.00 bits per heavy atom. The molecule has 0 radical (unpaired) electrons. The van der Waals surface area contributed by atoms with Gasteiger partial charge in [-0.05, 0) is 24.6 Å². The monoisotopic (exact) mass is 211 g/mol. The zero-order valence-corrected chi connectivity index (χ0v) is 9.30. The highest BCUT2D eigenvalue weighted by atomic mass is 32.2. The fraction of sp³-hybridized carbons (Fsp3) is 0.300. The van der Waals surface area contributed by atoms with E-state index < -0.39 is 0 Å². The van der Waals surface area contributed by atoms with E-state index in [2.05, 4.69) is 9.10 Å². The predicted octanol–water partition coefficient (Wildman–Crippen LogP) is 2.17. The van der Waals surface area contributed by atoms with Gasteiger partial charge in [0.2, 0.25) is 0 Å². The summed E-state index contributed by atoms with van der Waals surface area (Å²) in [6.45, 7) is 0. The first-order chi connectivity index (χ1) is 6.65.